The molecule has 0 aliphatic carbocycles. The van der Waals surface area contributed by atoms with Gasteiger partial charge in [-0.2, -0.15) is 0 Å². The average molecular weight is 396 g/mol. The second-order valence-corrected chi connectivity index (χ2v) is 6.87. The van der Waals surface area contributed by atoms with Crippen molar-refractivity contribution < 1.29 is 14.4 Å². The Bertz CT molecular complexity index is 927. The monoisotopic (exact) mass is 394 g/mol. The second-order valence-electron chi connectivity index (χ2n) is 5.59. The highest BCUT2D eigenvalue weighted by Crippen LogP contribution is 2.37. The van der Waals surface area contributed by atoms with Crippen LogP contribution in [-0.2, 0) is 14.4 Å². The van der Waals surface area contributed by atoms with E-state index in [-0.39, 0.29) is 0 Å². The third-order valence-electron chi connectivity index (χ3n) is 4.10. The maximum absolute atomic E-state index is 12.9. The fraction of sp³-hybridized carbons (Fsp3) is 0.118. The fourth-order valence-corrected chi connectivity index (χ4v) is 3.57. The summed E-state index contributed by atoms with van der Waals surface area (Å²) in [5, 5.41) is 5.23. The Morgan fingerprint density at radius 3 is 2.28 bits per heavy atom. The van der Waals surface area contributed by atoms with Gasteiger partial charge in [0.15, 0.2) is 0 Å². The zero-order valence-corrected chi connectivity index (χ0v) is 14.7. The van der Waals surface area contributed by atoms with Gasteiger partial charge in [-0.15, -0.1) is 0 Å². The van der Waals surface area contributed by atoms with Crippen LogP contribution in [-0.4, -0.2) is 23.6 Å². The molecular weight excluding hydrogens is 387 g/mol. The number of fused-ring (bicyclic) bond motifs is 1. The van der Waals surface area contributed by atoms with Crippen molar-refractivity contribution in [3.63, 3.8) is 0 Å². The van der Waals surface area contributed by atoms with Gasteiger partial charge in [0.25, 0.3) is 5.91 Å². The molecule has 1 saturated heterocycles. The van der Waals surface area contributed by atoms with E-state index in [1.807, 2.05) is 0 Å². The molecule has 0 saturated carbocycles. The van der Waals surface area contributed by atoms with Crippen LogP contribution in [0.15, 0.2) is 47.6 Å². The quantitative estimate of drug-likeness (QED) is 0.724. The minimum absolute atomic E-state index is 0.321. The Hall–Kier alpha value is -2.08. The van der Waals surface area contributed by atoms with Crippen LogP contribution < -0.4 is 4.90 Å². The number of hydrogen-bond acceptors (Lipinski definition) is 4. The first kappa shape index (κ1) is 16.4. The molecule has 0 bridgehead atoms. The molecule has 2 aliphatic rings. The zero-order chi connectivity index (χ0) is 17.7. The van der Waals surface area contributed by atoms with Crippen LogP contribution in [0.5, 0.6) is 0 Å². The highest BCUT2D eigenvalue weighted by Gasteiger charge is 2.56. The van der Waals surface area contributed by atoms with Gasteiger partial charge in [0.2, 0.25) is 12.0 Å². The molecule has 2 aliphatic heterocycles. The number of oxime groups is 1. The van der Waals surface area contributed by atoms with Crippen molar-refractivity contribution in [2.75, 3.05) is 4.90 Å². The van der Waals surface area contributed by atoms with Gasteiger partial charge >= 0.3 is 0 Å². The molecule has 2 atom stereocenters. The molecule has 25 heavy (non-hydrogen) atoms. The lowest BCUT2D eigenvalue weighted by atomic mass is 9.94. The average Bonchev–Trinajstić information content (AvgIpc) is 3.10. The summed E-state index contributed by atoms with van der Waals surface area (Å²) in [6.45, 7) is 0. The number of imide groups is 1. The molecule has 2 aromatic carbocycles. The number of nitrogens with zero attached hydrogens (tertiary/aromatic N) is 2. The molecule has 0 spiro atoms. The molecule has 0 N–H and O–H groups in total. The Morgan fingerprint density at radius 2 is 1.60 bits per heavy atom. The smallest absolute Gasteiger partial charge is 0.278 e. The lowest BCUT2D eigenvalue weighted by Gasteiger charge is -2.15. The summed E-state index contributed by atoms with van der Waals surface area (Å²) in [6, 6.07) is 11.3. The number of rotatable bonds is 2. The largest absolute Gasteiger partial charge is 0.381 e. The van der Waals surface area contributed by atoms with Gasteiger partial charge in [0.1, 0.15) is 11.6 Å². The molecule has 2 unspecified atom stereocenters. The van der Waals surface area contributed by atoms with Crippen molar-refractivity contribution in [3.05, 3.63) is 63.1 Å². The van der Waals surface area contributed by atoms with E-state index >= 15 is 0 Å². The minimum Gasteiger partial charge on any atom is -0.381 e. The lowest BCUT2D eigenvalue weighted by Crippen LogP contribution is -2.33. The van der Waals surface area contributed by atoms with Crippen LogP contribution in [0.4, 0.5) is 5.69 Å². The summed E-state index contributed by atoms with van der Waals surface area (Å²) in [7, 11) is 0. The predicted octanol–water partition coefficient (Wildman–Crippen LogP) is 3.94. The van der Waals surface area contributed by atoms with Gasteiger partial charge in [0.05, 0.1) is 10.7 Å². The van der Waals surface area contributed by atoms with Crippen molar-refractivity contribution in [2.45, 2.75) is 6.10 Å². The van der Waals surface area contributed by atoms with Crippen molar-refractivity contribution in [2.24, 2.45) is 11.1 Å². The summed E-state index contributed by atoms with van der Waals surface area (Å²) >= 11 is 18.0. The number of carbonyl (C=O) groups is 2. The predicted molar refractivity (Wildman–Crippen MR) is 95.3 cm³/mol. The molecule has 2 aromatic rings. The van der Waals surface area contributed by atoms with Crippen molar-refractivity contribution in [3.8, 4) is 0 Å². The molecule has 4 rings (SSSR count). The Kier molecular flexibility index (Phi) is 3.95. The lowest BCUT2D eigenvalue weighted by molar-refractivity contribution is -0.126. The number of benzene rings is 2. The van der Waals surface area contributed by atoms with Crippen LogP contribution in [0.25, 0.3) is 0 Å². The van der Waals surface area contributed by atoms with Crippen LogP contribution in [0.3, 0.4) is 0 Å². The molecule has 0 radical (unpaired) electrons. The summed E-state index contributed by atoms with van der Waals surface area (Å²) in [5.41, 5.74) is 1.26. The van der Waals surface area contributed by atoms with E-state index < -0.39 is 23.8 Å². The Balaban J connectivity index is 1.72. The third-order valence-corrected chi connectivity index (χ3v) is 4.90. The molecule has 0 aromatic heterocycles. The molecule has 1 fully saturated rings. The second kappa shape index (κ2) is 6.02. The highest BCUT2D eigenvalue weighted by molar-refractivity contribution is 6.39. The summed E-state index contributed by atoms with van der Waals surface area (Å²) < 4.78 is 0. The summed E-state index contributed by atoms with van der Waals surface area (Å²) in [6.07, 6.45) is -0.995. The van der Waals surface area contributed by atoms with Crippen molar-refractivity contribution in [1.82, 2.24) is 0 Å². The summed E-state index contributed by atoms with van der Waals surface area (Å²) in [5.74, 6) is -1.73. The number of hydrogen-bond donors (Lipinski definition) is 0. The van der Waals surface area contributed by atoms with Gasteiger partial charge < -0.3 is 4.84 Å². The maximum Gasteiger partial charge on any atom is 0.278 e. The Labute approximate surface area is 157 Å². The number of halogens is 3. The first-order valence-corrected chi connectivity index (χ1v) is 8.43. The van der Waals surface area contributed by atoms with Gasteiger partial charge in [-0.3, -0.25) is 9.59 Å². The fourth-order valence-electron chi connectivity index (χ4n) is 2.94. The van der Waals surface area contributed by atoms with E-state index in [0.717, 1.165) is 4.90 Å². The molecule has 2 amide bonds. The van der Waals surface area contributed by atoms with Gasteiger partial charge in [-0.05, 0) is 36.4 Å². The molecule has 126 valence electrons. The van der Waals surface area contributed by atoms with Crippen LogP contribution in [0.2, 0.25) is 15.1 Å². The van der Waals surface area contributed by atoms with Crippen LogP contribution in [0.1, 0.15) is 5.56 Å². The standard InChI is InChI=1S/C17H9Cl3N2O3/c18-8-1-4-10(5-2-8)22-16(23)13-14(21-25-15(13)17(22)24)11-6-3-9(19)7-12(11)20/h1-7,13,15H. The first-order chi connectivity index (χ1) is 12.0. The third kappa shape index (κ3) is 2.59. The van der Waals surface area contributed by atoms with Crippen LogP contribution in [0, 0.1) is 5.92 Å². The van der Waals surface area contributed by atoms with E-state index in [1.54, 1.807) is 42.5 Å². The van der Waals surface area contributed by atoms with Gasteiger partial charge in [-0.25, -0.2) is 4.90 Å². The molecule has 8 heteroatoms. The topological polar surface area (TPSA) is 59.0 Å². The van der Waals surface area contributed by atoms with Gasteiger partial charge in [-0.1, -0.05) is 46.0 Å². The van der Waals surface area contributed by atoms with Crippen molar-refractivity contribution in [1.29, 1.82) is 0 Å². The highest BCUT2D eigenvalue weighted by atomic mass is 35.5. The zero-order valence-electron chi connectivity index (χ0n) is 12.4. The van der Waals surface area contributed by atoms with E-state index in [0.29, 0.717) is 32.0 Å². The SMILES string of the molecule is O=C1C2ON=C(c3ccc(Cl)cc3Cl)C2C(=O)N1c1ccc(Cl)cc1. The molecular formula is C17H9Cl3N2O3. The number of amides is 2. The number of carbonyl (C=O) groups excluding carboxylic acids is 2. The van der Waals surface area contributed by atoms with Crippen LogP contribution >= 0.6 is 34.8 Å². The minimum atomic E-state index is -0.995. The van der Waals surface area contributed by atoms with E-state index in [1.165, 1.54) is 0 Å². The number of anilines is 1. The van der Waals surface area contributed by atoms with E-state index in [9.17, 15) is 9.59 Å². The maximum atomic E-state index is 12.9. The normalized spacial score (nSPS) is 22.0. The van der Waals surface area contributed by atoms with Crippen molar-refractivity contribution >= 4 is 58.0 Å². The molecule has 2 heterocycles. The summed E-state index contributed by atoms with van der Waals surface area (Å²) in [4.78, 5) is 31.8. The van der Waals surface area contributed by atoms with Gasteiger partial charge in [0, 0.05) is 15.6 Å². The first-order valence-electron chi connectivity index (χ1n) is 7.30. The van der Waals surface area contributed by atoms with E-state index in [2.05, 4.69) is 5.16 Å². The molecule has 5 nitrogen and oxygen atoms in total. The Morgan fingerprint density at radius 1 is 0.920 bits per heavy atom. The van der Waals surface area contributed by atoms with E-state index in [4.69, 9.17) is 39.6 Å².